The molecule has 0 amide bonds. The fourth-order valence-corrected chi connectivity index (χ4v) is 3.53. The molecular formula is C16H29NO2. The van der Waals surface area contributed by atoms with Crippen LogP contribution in [0.3, 0.4) is 0 Å². The highest BCUT2D eigenvalue weighted by Gasteiger charge is 2.35. The molecule has 2 aliphatic rings. The second-order valence-electron chi connectivity index (χ2n) is 6.80. The Labute approximate surface area is 117 Å². The highest BCUT2D eigenvalue weighted by molar-refractivity contribution is 5.76. The predicted molar refractivity (Wildman–Crippen MR) is 76.9 cm³/mol. The Morgan fingerprint density at radius 3 is 2.63 bits per heavy atom. The number of carbonyl (C=O) groups excluding carboxylic acids is 1. The van der Waals surface area contributed by atoms with Gasteiger partial charge in [-0.3, -0.25) is 4.79 Å². The van der Waals surface area contributed by atoms with Gasteiger partial charge < -0.3 is 10.1 Å². The van der Waals surface area contributed by atoms with Gasteiger partial charge in [-0.15, -0.1) is 0 Å². The van der Waals surface area contributed by atoms with Crippen LogP contribution in [0, 0.1) is 17.8 Å². The lowest BCUT2D eigenvalue weighted by Gasteiger charge is -2.37. The quantitative estimate of drug-likeness (QED) is 0.798. The third-order valence-electron chi connectivity index (χ3n) is 4.82. The topological polar surface area (TPSA) is 38.3 Å². The molecule has 1 N–H and O–H groups in total. The van der Waals surface area contributed by atoms with Crippen LogP contribution in [0.15, 0.2) is 0 Å². The van der Waals surface area contributed by atoms with E-state index in [0.29, 0.717) is 17.8 Å². The van der Waals surface area contributed by atoms with Crippen LogP contribution in [0.4, 0.5) is 0 Å². The fourth-order valence-electron chi connectivity index (χ4n) is 3.53. The molecule has 3 nitrogen and oxygen atoms in total. The van der Waals surface area contributed by atoms with Crippen LogP contribution in [-0.2, 0) is 9.53 Å². The van der Waals surface area contributed by atoms with Crippen molar-refractivity contribution in [1.29, 1.82) is 0 Å². The highest BCUT2D eigenvalue weighted by atomic mass is 16.5. The number of hydrogen-bond donors (Lipinski definition) is 1. The molecule has 0 aromatic heterocycles. The van der Waals surface area contributed by atoms with Crippen molar-refractivity contribution in [3.05, 3.63) is 0 Å². The molecule has 0 bridgehead atoms. The van der Waals surface area contributed by atoms with Crippen molar-refractivity contribution < 1.29 is 9.53 Å². The first-order valence-corrected chi connectivity index (χ1v) is 8.01. The second kappa shape index (κ2) is 6.74. The number of carbonyl (C=O) groups is 1. The van der Waals surface area contributed by atoms with Crippen LogP contribution < -0.4 is 5.32 Å². The molecular weight excluding hydrogens is 238 g/mol. The van der Waals surface area contributed by atoms with Crippen molar-refractivity contribution in [2.45, 2.75) is 71.4 Å². The van der Waals surface area contributed by atoms with Gasteiger partial charge in [0, 0.05) is 0 Å². The van der Waals surface area contributed by atoms with Gasteiger partial charge in [0.15, 0.2) is 0 Å². The molecule has 1 aliphatic carbocycles. The molecule has 110 valence electrons. The monoisotopic (exact) mass is 267 g/mol. The van der Waals surface area contributed by atoms with Crippen LogP contribution in [0.25, 0.3) is 0 Å². The highest BCUT2D eigenvalue weighted by Crippen LogP contribution is 2.35. The zero-order chi connectivity index (χ0) is 13.8. The smallest absolute Gasteiger partial charge is 0.323 e. The van der Waals surface area contributed by atoms with Gasteiger partial charge in [-0.1, -0.05) is 33.6 Å². The third kappa shape index (κ3) is 3.95. The SMILES string of the molecule is CC1CCC(C(C)C)C(OC(=O)[C@@H]2CCCCN2)C1. The van der Waals surface area contributed by atoms with Gasteiger partial charge in [-0.2, -0.15) is 0 Å². The van der Waals surface area contributed by atoms with Gasteiger partial charge >= 0.3 is 5.97 Å². The molecule has 3 unspecified atom stereocenters. The lowest BCUT2D eigenvalue weighted by Crippen LogP contribution is -2.45. The first-order valence-electron chi connectivity index (χ1n) is 8.01. The summed E-state index contributed by atoms with van der Waals surface area (Å²) in [5.74, 6) is 1.82. The van der Waals surface area contributed by atoms with Crippen molar-refractivity contribution in [1.82, 2.24) is 5.32 Å². The first kappa shape index (κ1) is 14.8. The maximum atomic E-state index is 12.3. The minimum absolute atomic E-state index is 0.00977. The van der Waals surface area contributed by atoms with E-state index in [2.05, 4.69) is 26.1 Å². The van der Waals surface area contributed by atoms with E-state index >= 15 is 0 Å². The molecule has 2 fully saturated rings. The van der Waals surface area contributed by atoms with E-state index in [1.54, 1.807) is 0 Å². The van der Waals surface area contributed by atoms with E-state index in [9.17, 15) is 4.79 Å². The molecule has 4 atom stereocenters. The number of ether oxygens (including phenoxy) is 1. The minimum Gasteiger partial charge on any atom is -0.461 e. The summed E-state index contributed by atoms with van der Waals surface area (Å²) < 4.78 is 5.87. The summed E-state index contributed by atoms with van der Waals surface area (Å²) in [5.41, 5.74) is 0. The van der Waals surface area contributed by atoms with Crippen molar-refractivity contribution in [2.75, 3.05) is 6.54 Å². The van der Waals surface area contributed by atoms with E-state index in [4.69, 9.17) is 4.74 Å². The average Bonchev–Trinajstić information content (AvgIpc) is 2.39. The number of piperidine rings is 1. The predicted octanol–water partition coefficient (Wildman–Crippen LogP) is 3.13. The number of esters is 1. The van der Waals surface area contributed by atoms with Gasteiger partial charge in [0.05, 0.1) is 0 Å². The number of rotatable bonds is 3. The zero-order valence-corrected chi connectivity index (χ0v) is 12.7. The van der Waals surface area contributed by atoms with E-state index in [0.717, 1.165) is 25.8 Å². The van der Waals surface area contributed by atoms with Crippen molar-refractivity contribution in [2.24, 2.45) is 17.8 Å². The number of nitrogens with one attached hydrogen (secondary N) is 1. The normalized spacial score (nSPS) is 36.2. The van der Waals surface area contributed by atoms with E-state index in [-0.39, 0.29) is 18.1 Å². The van der Waals surface area contributed by atoms with Crippen LogP contribution in [0.2, 0.25) is 0 Å². The maximum absolute atomic E-state index is 12.3. The van der Waals surface area contributed by atoms with Crippen LogP contribution in [0.5, 0.6) is 0 Å². The lowest BCUT2D eigenvalue weighted by molar-refractivity contribution is -0.159. The Morgan fingerprint density at radius 2 is 2.00 bits per heavy atom. The summed E-state index contributed by atoms with van der Waals surface area (Å²) in [5, 5.41) is 3.29. The molecule has 0 aromatic carbocycles. The molecule has 1 saturated carbocycles. The lowest BCUT2D eigenvalue weighted by atomic mass is 9.75. The zero-order valence-electron chi connectivity index (χ0n) is 12.7. The molecule has 3 heteroatoms. The van der Waals surface area contributed by atoms with E-state index in [1.165, 1.54) is 19.3 Å². The summed E-state index contributed by atoms with van der Waals surface area (Å²) in [6, 6.07) is -0.0567. The Bertz CT molecular complexity index is 297. The van der Waals surface area contributed by atoms with E-state index in [1.807, 2.05) is 0 Å². The van der Waals surface area contributed by atoms with Gasteiger partial charge in [0.25, 0.3) is 0 Å². The molecule has 0 radical (unpaired) electrons. The summed E-state index contributed by atoms with van der Waals surface area (Å²) in [6.07, 6.45) is 6.92. The van der Waals surface area contributed by atoms with Crippen LogP contribution in [-0.4, -0.2) is 24.7 Å². The largest absolute Gasteiger partial charge is 0.461 e. The number of hydrogen-bond acceptors (Lipinski definition) is 3. The maximum Gasteiger partial charge on any atom is 0.323 e. The van der Waals surface area contributed by atoms with Gasteiger partial charge in [-0.05, 0) is 50.0 Å². The average molecular weight is 267 g/mol. The molecule has 1 saturated heterocycles. The minimum atomic E-state index is -0.0567. The Kier molecular flexibility index (Phi) is 5.26. The summed E-state index contributed by atoms with van der Waals surface area (Å²) >= 11 is 0. The molecule has 1 aliphatic heterocycles. The molecule has 1 heterocycles. The summed E-state index contributed by atoms with van der Waals surface area (Å²) in [6.45, 7) is 7.73. The standard InChI is InChI=1S/C16H29NO2/c1-11(2)13-8-7-12(3)10-15(13)19-16(18)14-6-4-5-9-17-14/h11-15,17H,4-10H2,1-3H3/t12?,13?,14-,15?/m0/s1. The third-order valence-corrected chi connectivity index (χ3v) is 4.82. The Hall–Kier alpha value is -0.570. The second-order valence-corrected chi connectivity index (χ2v) is 6.80. The Balaban J connectivity index is 1.92. The van der Waals surface area contributed by atoms with Crippen molar-refractivity contribution in [3.8, 4) is 0 Å². The van der Waals surface area contributed by atoms with Crippen molar-refractivity contribution >= 4 is 5.97 Å². The summed E-state index contributed by atoms with van der Waals surface area (Å²) in [4.78, 5) is 12.3. The first-order chi connectivity index (χ1) is 9.08. The Morgan fingerprint density at radius 1 is 1.21 bits per heavy atom. The van der Waals surface area contributed by atoms with E-state index < -0.39 is 0 Å². The van der Waals surface area contributed by atoms with Gasteiger partial charge in [0.2, 0.25) is 0 Å². The van der Waals surface area contributed by atoms with Crippen LogP contribution >= 0.6 is 0 Å². The van der Waals surface area contributed by atoms with Gasteiger partial charge in [0.1, 0.15) is 12.1 Å². The molecule has 0 spiro atoms. The molecule has 2 rings (SSSR count). The van der Waals surface area contributed by atoms with Crippen LogP contribution in [0.1, 0.15) is 59.3 Å². The van der Waals surface area contributed by atoms with Crippen molar-refractivity contribution in [3.63, 3.8) is 0 Å². The summed E-state index contributed by atoms with van der Waals surface area (Å²) in [7, 11) is 0. The molecule has 19 heavy (non-hydrogen) atoms. The molecule has 0 aromatic rings. The fraction of sp³-hybridized carbons (Fsp3) is 0.938. The van der Waals surface area contributed by atoms with Gasteiger partial charge in [-0.25, -0.2) is 0 Å².